The van der Waals surface area contributed by atoms with E-state index in [9.17, 15) is 9.59 Å². The first-order valence-corrected chi connectivity index (χ1v) is 6.82. The predicted molar refractivity (Wildman–Crippen MR) is 76.5 cm³/mol. The van der Waals surface area contributed by atoms with Crippen LogP contribution in [-0.4, -0.2) is 32.1 Å². The minimum atomic E-state index is -0.289. The van der Waals surface area contributed by atoms with E-state index in [1.165, 1.54) is 7.11 Å². The number of methoxy groups -OCH3 is 1. The van der Waals surface area contributed by atoms with Crippen molar-refractivity contribution in [2.24, 2.45) is 0 Å². The van der Waals surface area contributed by atoms with Crippen LogP contribution < -0.4 is 10.2 Å². The summed E-state index contributed by atoms with van der Waals surface area (Å²) in [7, 11) is 1.37. The molecule has 0 aliphatic carbocycles. The summed E-state index contributed by atoms with van der Waals surface area (Å²) >= 11 is 0. The van der Waals surface area contributed by atoms with E-state index >= 15 is 0 Å². The van der Waals surface area contributed by atoms with Gasteiger partial charge in [-0.05, 0) is 31.0 Å². The molecule has 1 aliphatic rings. The minimum Gasteiger partial charge on any atom is -0.468 e. The zero-order chi connectivity index (χ0) is 14.5. The lowest BCUT2D eigenvalue weighted by Gasteiger charge is -2.19. The summed E-state index contributed by atoms with van der Waals surface area (Å²) in [5.41, 5.74) is 1.97. The molecule has 5 heteroatoms. The fraction of sp³-hybridized carbons (Fsp3) is 0.467. The Balaban J connectivity index is 2.05. The topological polar surface area (TPSA) is 58.6 Å². The lowest BCUT2D eigenvalue weighted by molar-refractivity contribution is -0.139. The van der Waals surface area contributed by atoms with E-state index in [0.29, 0.717) is 6.42 Å². The van der Waals surface area contributed by atoms with E-state index in [0.717, 1.165) is 24.2 Å². The van der Waals surface area contributed by atoms with Crippen LogP contribution in [0.3, 0.4) is 0 Å². The molecule has 0 unspecified atom stereocenters. The van der Waals surface area contributed by atoms with E-state index in [1.807, 2.05) is 36.1 Å². The van der Waals surface area contributed by atoms with Gasteiger partial charge >= 0.3 is 5.97 Å². The second kappa shape index (κ2) is 6.52. The molecular weight excluding hydrogens is 256 g/mol. The van der Waals surface area contributed by atoms with Crippen molar-refractivity contribution in [3.63, 3.8) is 0 Å². The highest BCUT2D eigenvalue weighted by Crippen LogP contribution is 2.24. The highest BCUT2D eigenvalue weighted by atomic mass is 16.5. The summed E-state index contributed by atoms with van der Waals surface area (Å²) in [6.45, 7) is 2.94. The number of hydrogen-bond acceptors (Lipinski definition) is 4. The number of rotatable bonds is 5. The molecule has 1 heterocycles. The molecule has 1 N–H and O–H groups in total. The number of anilines is 1. The van der Waals surface area contributed by atoms with E-state index in [1.54, 1.807) is 0 Å². The molecule has 1 aromatic rings. The number of amides is 1. The fourth-order valence-corrected chi connectivity index (χ4v) is 2.31. The molecule has 108 valence electrons. The fourth-order valence-electron chi connectivity index (χ4n) is 2.31. The predicted octanol–water partition coefficient (Wildman–Crippen LogP) is 1.64. The van der Waals surface area contributed by atoms with Crippen molar-refractivity contribution in [1.29, 1.82) is 0 Å². The van der Waals surface area contributed by atoms with Gasteiger partial charge < -0.3 is 15.0 Å². The van der Waals surface area contributed by atoms with Crippen molar-refractivity contribution in [2.45, 2.75) is 25.8 Å². The summed E-state index contributed by atoms with van der Waals surface area (Å²) < 4.78 is 4.60. The van der Waals surface area contributed by atoms with Crippen LogP contribution in [0.2, 0.25) is 0 Å². The number of esters is 1. The summed E-state index contributed by atoms with van der Waals surface area (Å²) in [6, 6.07) is 7.88. The maximum atomic E-state index is 11.8. The SMILES string of the molecule is COC(=O)CN[C@@H](C)c1cccc(N2CCCC2=O)c1. The van der Waals surface area contributed by atoms with Gasteiger partial charge in [0.1, 0.15) is 0 Å². The number of carbonyl (C=O) groups is 2. The van der Waals surface area contributed by atoms with Crippen LogP contribution in [0, 0.1) is 0 Å². The second-order valence-electron chi connectivity index (χ2n) is 4.92. The van der Waals surface area contributed by atoms with Crippen molar-refractivity contribution in [2.75, 3.05) is 25.1 Å². The molecule has 1 atom stereocenters. The van der Waals surface area contributed by atoms with Crippen LogP contribution in [0.15, 0.2) is 24.3 Å². The number of benzene rings is 1. The molecule has 0 saturated carbocycles. The van der Waals surface area contributed by atoms with Crippen LogP contribution >= 0.6 is 0 Å². The van der Waals surface area contributed by atoms with Gasteiger partial charge in [-0.25, -0.2) is 0 Å². The second-order valence-corrected chi connectivity index (χ2v) is 4.92. The van der Waals surface area contributed by atoms with E-state index in [-0.39, 0.29) is 24.5 Å². The Labute approximate surface area is 118 Å². The molecule has 2 rings (SSSR count). The number of hydrogen-bond donors (Lipinski definition) is 1. The highest BCUT2D eigenvalue weighted by molar-refractivity contribution is 5.95. The lowest BCUT2D eigenvalue weighted by atomic mass is 10.1. The van der Waals surface area contributed by atoms with E-state index in [4.69, 9.17) is 0 Å². The van der Waals surface area contributed by atoms with Gasteiger partial charge in [-0.1, -0.05) is 12.1 Å². The third-order valence-corrected chi connectivity index (χ3v) is 3.54. The van der Waals surface area contributed by atoms with Gasteiger partial charge in [-0.3, -0.25) is 9.59 Å². The Morgan fingerprint density at radius 3 is 2.95 bits per heavy atom. The Morgan fingerprint density at radius 1 is 1.50 bits per heavy atom. The first-order chi connectivity index (χ1) is 9.61. The third-order valence-electron chi connectivity index (χ3n) is 3.54. The molecule has 1 aliphatic heterocycles. The quantitative estimate of drug-likeness (QED) is 0.831. The molecule has 5 nitrogen and oxygen atoms in total. The standard InChI is InChI=1S/C15H20N2O3/c1-11(16-10-15(19)20-2)12-5-3-6-13(9-12)17-8-4-7-14(17)18/h3,5-6,9,11,16H,4,7-8,10H2,1-2H3/t11-/m0/s1. The van der Waals surface area contributed by atoms with E-state index in [2.05, 4.69) is 10.1 Å². The normalized spacial score (nSPS) is 16.3. The molecule has 1 aromatic carbocycles. The Kier molecular flexibility index (Phi) is 4.74. The number of nitrogens with one attached hydrogen (secondary N) is 1. The van der Waals surface area contributed by atoms with Gasteiger partial charge in [0, 0.05) is 24.7 Å². The average Bonchev–Trinajstić information content (AvgIpc) is 2.90. The van der Waals surface area contributed by atoms with Gasteiger partial charge in [0.15, 0.2) is 0 Å². The van der Waals surface area contributed by atoms with Crippen molar-refractivity contribution in [1.82, 2.24) is 5.32 Å². The maximum absolute atomic E-state index is 11.8. The monoisotopic (exact) mass is 276 g/mol. The van der Waals surface area contributed by atoms with Crippen LogP contribution in [0.25, 0.3) is 0 Å². The zero-order valence-corrected chi connectivity index (χ0v) is 11.9. The van der Waals surface area contributed by atoms with Crippen molar-refractivity contribution in [3.05, 3.63) is 29.8 Å². The maximum Gasteiger partial charge on any atom is 0.319 e. The molecule has 20 heavy (non-hydrogen) atoms. The Bertz CT molecular complexity index is 502. The minimum absolute atomic E-state index is 0.0201. The smallest absolute Gasteiger partial charge is 0.319 e. The first kappa shape index (κ1) is 14.5. The van der Waals surface area contributed by atoms with Crippen molar-refractivity contribution < 1.29 is 14.3 Å². The number of ether oxygens (including phenoxy) is 1. The van der Waals surface area contributed by atoms with Crippen LogP contribution in [0.5, 0.6) is 0 Å². The van der Waals surface area contributed by atoms with Gasteiger partial charge in [0.2, 0.25) is 5.91 Å². The Hall–Kier alpha value is -1.88. The molecule has 1 saturated heterocycles. The third kappa shape index (κ3) is 3.36. The summed E-state index contributed by atoms with van der Waals surface area (Å²) in [4.78, 5) is 24.7. The molecule has 0 aromatic heterocycles. The van der Waals surface area contributed by atoms with Crippen molar-refractivity contribution >= 4 is 17.6 Å². The molecule has 1 fully saturated rings. The largest absolute Gasteiger partial charge is 0.468 e. The van der Waals surface area contributed by atoms with Gasteiger partial charge in [-0.15, -0.1) is 0 Å². The summed E-state index contributed by atoms with van der Waals surface area (Å²) in [5.74, 6) is -0.111. The molecule has 0 radical (unpaired) electrons. The Morgan fingerprint density at radius 2 is 2.30 bits per heavy atom. The molecule has 0 spiro atoms. The van der Waals surface area contributed by atoms with Gasteiger partial charge in [-0.2, -0.15) is 0 Å². The van der Waals surface area contributed by atoms with Gasteiger partial charge in [0.05, 0.1) is 13.7 Å². The lowest BCUT2D eigenvalue weighted by Crippen LogP contribution is -2.27. The van der Waals surface area contributed by atoms with Crippen LogP contribution in [-0.2, 0) is 14.3 Å². The molecular formula is C15H20N2O3. The number of carbonyl (C=O) groups excluding carboxylic acids is 2. The highest BCUT2D eigenvalue weighted by Gasteiger charge is 2.22. The van der Waals surface area contributed by atoms with Crippen LogP contribution in [0.4, 0.5) is 5.69 Å². The number of nitrogens with zero attached hydrogens (tertiary/aromatic N) is 1. The molecule has 0 bridgehead atoms. The summed E-state index contributed by atoms with van der Waals surface area (Å²) in [6.07, 6.45) is 1.54. The first-order valence-electron chi connectivity index (χ1n) is 6.82. The van der Waals surface area contributed by atoms with Crippen LogP contribution in [0.1, 0.15) is 31.4 Å². The van der Waals surface area contributed by atoms with Crippen molar-refractivity contribution in [3.8, 4) is 0 Å². The van der Waals surface area contributed by atoms with E-state index < -0.39 is 0 Å². The average molecular weight is 276 g/mol. The van der Waals surface area contributed by atoms with Gasteiger partial charge in [0.25, 0.3) is 0 Å². The molecule has 1 amide bonds. The zero-order valence-electron chi connectivity index (χ0n) is 11.9. The summed E-state index contributed by atoms with van der Waals surface area (Å²) in [5, 5.41) is 3.10.